The molecule has 4 nitrogen and oxygen atoms in total. The first-order valence-electron chi connectivity index (χ1n) is 5.43. The minimum Gasteiger partial charge on any atom is -0.497 e. The number of aromatic nitrogens is 1. The molecule has 1 aromatic carbocycles. The van der Waals surface area contributed by atoms with Gasteiger partial charge in [0.25, 0.3) is 5.91 Å². The van der Waals surface area contributed by atoms with Crippen LogP contribution >= 0.6 is 11.3 Å². The van der Waals surface area contributed by atoms with Crippen molar-refractivity contribution in [3.63, 3.8) is 0 Å². The molecule has 5 heteroatoms. The van der Waals surface area contributed by atoms with Crippen LogP contribution in [0.15, 0.2) is 29.6 Å². The molecule has 0 saturated heterocycles. The number of carbonyl (C=O) groups is 1. The molecule has 0 spiro atoms. The fourth-order valence-corrected chi connectivity index (χ4v) is 2.30. The van der Waals surface area contributed by atoms with E-state index in [0.29, 0.717) is 5.01 Å². The molecule has 0 aliphatic rings. The standard InChI is InChI=1S/C13H14N2O2S/c1-15(2)13(16)12-14-11(8-18-12)9-4-6-10(17-3)7-5-9/h4-8H,1-3H3. The molecule has 0 bridgehead atoms. The largest absolute Gasteiger partial charge is 0.497 e. The van der Waals surface area contributed by atoms with E-state index in [1.54, 1.807) is 21.2 Å². The predicted octanol–water partition coefficient (Wildman–Crippen LogP) is 2.52. The summed E-state index contributed by atoms with van der Waals surface area (Å²) in [5.74, 6) is 0.735. The summed E-state index contributed by atoms with van der Waals surface area (Å²) in [7, 11) is 5.07. The van der Waals surface area contributed by atoms with Crippen LogP contribution in [0.1, 0.15) is 9.80 Å². The molecule has 1 aromatic heterocycles. The average Bonchev–Trinajstić information content (AvgIpc) is 2.87. The summed E-state index contributed by atoms with van der Waals surface area (Å²) in [6, 6.07) is 7.61. The zero-order valence-corrected chi connectivity index (χ0v) is 11.3. The van der Waals surface area contributed by atoms with Gasteiger partial charge in [0, 0.05) is 25.0 Å². The van der Waals surface area contributed by atoms with Crippen LogP contribution in [-0.2, 0) is 0 Å². The number of carbonyl (C=O) groups excluding carboxylic acids is 1. The van der Waals surface area contributed by atoms with Crippen molar-refractivity contribution in [2.45, 2.75) is 0 Å². The van der Waals surface area contributed by atoms with Crippen molar-refractivity contribution in [1.29, 1.82) is 0 Å². The molecule has 1 amide bonds. The molecule has 1 heterocycles. The van der Waals surface area contributed by atoms with E-state index >= 15 is 0 Å². The number of thiazole rings is 1. The second-order valence-electron chi connectivity index (χ2n) is 3.97. The fourth-order valence-electron chi connectivity index (χ4n) is 1.46. The number of methoxy groups -OCH3 is 1. The molecule has 0 aliphatic carbocycles. The highest BCUT2D eigenvalue weighted by atomic mass is 32.1. The number of hydrogen-bond donors (Lipinski definition) is 0. The molecule has 0 saturated carbocycles. The van der Waals surface area contributed by atoms with Crippen LogP contribution in [0.3, 0.4) is 0 Å². The minimum absolute atomic E-state index is 0.0697. The molecule has 0 atom stereocenters. The molecule has 94 valence electrons. The Morgan fingerprint density at radius 2 is 1.94 bits per heavy atom. The van der Waals surface area contributed by atoms with E-state index in [9.17, 15) is 4.79 Å². The zero-order valence-electron chi connectivity index (χ0n) is 10.5. The number of nitrogens with zero attached hydrogens (tertiary/aromatic N) is 2. The van der Waals surface area contributed by atoms with Gasteiger partial charge in [-0.2, -0.15) is 0 Å². The lowest BCUT2D eigenvalue weighted by Gasteiger charge is -2.06. The van der Waals surface area contributed by atoms with E-state index in [1.807, 2.05) is 29.6 Å². The lowest BCUT2D eigenvalue weighted by Crippen LogP contribution is -2.21. The Labute approximate surface area is 110 Å². The monoisotopic (exact) mass is 262 g/mol. The Balaban J connectivity index is 2.26. The Bertz CT molecular complexity index is 546. The molecule has 2 aromatic rings. The molecule has 0 radical (unpaired) electrons. The van der Waals surface area contributed by atoms with E-state index in [4.69, 9.17) is 4.74 Å². The topological polar surface area (TPSA) is 42.4 Å². The Morgan fingerprint density at radius 1 is 1.28 bits per heavy atom. The number of ether oxygens (including phenoxy) is 1. The summed E-state index contributed by atoms with van der Waals surface area (Å²) in [6.45, 7) is 0. The molecule has 0 N–H and O–H groups in total. The second-order valence-corrected chi connectivity index (χ2v) is 4.82. The summed E-state index contributed by atoms with van der Waals surface area (Å²) in [6.07, 6.45) is 0. The van der Waals surface area contributed by atoms with Gasteiger partial charge in [0.15, 0.2) is 5.01 Å². The highest BCUT2D eigenvalue weighted by Crippen LogP contribution is 2.24. The first-order valence-corrected chi connectivity index (χ1v) is 6.31. The van der Waals surface area contributed by atoms with Crippen LogP contribution in [0.2, 0.25) is 0 Å². The van der Waals surface area contributed by atoms with Crippen LogP contribution in [0.5, 0.6) is 5.75 Å². The third kappa shape index (κ3) is 2.51. The predicted molar refractivity (Wildman–Crippen MR) is 72.1 cm³/mol. The van der Waals surface area contributed by atoms with Crippen LogP contribution in [0.4, 0.5) is 0 Å². The van der Waals surface area contributed by atoms with E-state index < -0.39 is 0 Å². The van der Waals surface area contributed by atoms with Crippen molar-refractivity contribution in [1.82, 2.24) is 9.88 Å². The van der Waals surface area contributed by atoms with Gasteiger partial charge in [0.2, 0.25) is 0 Å². The quantitative estimate of drug-likeness (QED) is 0.853. The van der Waals surface area contributed by atoms with Crippen molar-refractivity contribution < 1.29 is 9.53 Å². The molecule has 2 rings (SSSR count). The van der Waals surface area contributed by atoms with Crippen molar-refractivity contribution in [3.8, 4) is 17.0 Å². The molecule has 0 unspecified atom stereocenters. The lowest BCUT2D eigenvalue weighted by molar-refractivity contribution is 0.0827. The van der Waals surface area contributed by atoms with Gasteiger partial charge in [0.1, 0.15) is 5.75 Å². The first-order chi connectivity index (χ1) is 8.61. The van der Waals surface area contributed by atoms with Gasteiger partial charge < -0.3 is 9.64 Å². The first kappa shape index (κ1) is 12.6. The number of benzene rings is 1. The van der Waals surface area contributed by atoms with Crippen LogP contribution in [-0.4, -0.2) is 37.0 Å². The molecular weight excluding hydrogens is 248 g/mol. The summed E-state index contributed by atoms with van der Waals surface area (Å²) in [5, 5.41) is 2.39. The van der Waals surface area contributed by atoms with Gasteiger partial charge >= 0.3 is 0 Å². The van der Waals surface area contributed by atoms with E-state index in [1.165, 1.54) is 16.2 Å². The van der Waals surface area contributed by atoms with Crippen LogP contribution < -0.4 is 4.74 Å². The normalized spacial score (nSPS) is 10.2. The van der Waals surface area contributed by atoms with E-state index in [-0.39, 0.29) is 5.91 Å². The van der Waals surface area contributed by atoms with Gasteiger partial charge in [-0.25, -0.2) is 4.98 Å². The maximum atomic E-state index is 11.7. The Morgan fingerprint density at radius 3 is 2.50 bits per heavy atom. The SMILES string of the molecule is COc1ccc(-c2csc(C(=O)N(C)C)n2)cc1. The molecular formula is C13H14N2O2S. The number of hydrogen-bond acceptors (Lipinski definition) is 4. The van der Waals surface area contributed by atoms with Gasteiger partial charge in [0.05, 0.1) is 12.8 Å². The molecule has 18 heavy (non-hydrogen) atoms. The van der Waals surface area contributed by atoms with Crippen molar-refractivity contribution >= 4 is 17.2 Å². The maximum Gasteiger partial charge on any atom is 0.282 e. The highest BCUT2D eigenvalue weighted by molar-refractivity contribution is 7.12. The number of rotatable bonds is 3. The van der Waals surface area contributed by atoms with Crippen molar-refractivity contribution in [2.75, 3.05) is 21.2 Å². The maximum absolute atomic E-state index is 11.7. The fraction of sp³-hybridized carbons (Fsp3) is 0.231. The summed E-state index contributed by atoms with van der Waals surface area (Å²) in [4.78, 5) is 17.6. The van der Waals surface area contributed by atoms with Crippen LogP contribution in [0, 0.1) is 0 Å². The second kappa shape index (κ2) is 5.18. The lowest BCUT2D eigenvalue weighted by atomic mass is 10.2. The van der Waals surface area contributed by atoms with Crippen LogP contribution in [0.25, 0.3) is 11.3 Å². The third-order valence-electron chi connectivity index (χ3n) is 2.48. The van der Waals surface area contributed by atoms with Crippen molar-refractivity contribution in [2.24, 2.45) is 0 Å². The van der Waals surface area contributed by atoms with Crippen molar-refractivity contribution in [3.05, 3.63) is 34.7 Å². The van der Waals surface area contributed by atoms with Gasteiger partial charge in [-0.15, -0.1) is 11.3 Å². The molecule has 0 fully saturated rings. The van der Waals surface area contributed by atoms with E-state index in [0.717, 1.165) is 17.0 Å². The summed E-state index contributed by atoms with van der Waals surface area (Å²) >= 11 is 1.36. The zero-order chi connectivity index (χ0) is 13.1. The van der Waals surface area contributed by atoms with Gasteiger partial charge in [-0.05, 0) is 24.3 Å². The van der Waals surface area contributed by atoms with Gasteiger partial charge in [-0.3, -0.25) is 4.79 Å². The Kier molecular flexibility index (Phi) is 3.62. The minimum atomic E-state index is -0.0697. The smallest absolute Gasteiger partial charge is 0.282 e. The summed E-state index contributed by atoms with van der Waals surface area (Å²) in [5.41, 5.74) is 1.79. The van der Waals surface area contributed by atoms with Gasteiger partial charge in [-0.1, -0.05) is 0 Å². The third-order valence-corrected chi connectivity index (χ3v) is 3.31. The van der Waals surface area contributed by atoms with E-state index in [2.05, 4.69) is 4.98 Å². The molecule has 0 aliphatic heterocycles. The average molecular weight is 262 g/mol. The number of amides is 1. The summed E-state index contributed by atoms with van der Waals surface area (Å²) < 4.78 is 5.10. The highest BCUT2D eigenvalue weighted by Gasteiger charge is 2.13. The Hall–Kier alpha value is -1.88.